The van der Waals surface area contributed by atoms with Crippen molar-refractivity contribution in [3.05, 3.63) is 0 Å². The minimum absolute atomic E-state index is 0. The predicted octanol–water partition coefficient (Wildman–Crippen LogP) is 2.49. The van der Waals surface area contributed by atoms with E-state index in [-0.39, 0.29) is 29.9 Å². The van der Waals surface area contributed by atoms with Crippen molar-refractivity contribution in [2.24, 2.45) is 10.7 Å². The highest BCUT2D eigenvalue weighted by Gasteiger charge is 2.15. The molecule has 5 nitrogen and oxygen atoms in total. The molecule has 0 aromatic carbocycles. The number of carbonyl (C=O) groups is 1. The molecule has 3 N–H and O–H groups in total. The second kappa shape index (κ2) is 13.2. The van der Waals surface area contributed by atoms with Gasteiger partial charge in [0.05, 0.1) is 0 Å². The molecule has 1 amide bonds. The summed E-state index contributed by atoms with van der Waals surface area (Å²) in [6, 6.07) is 0. The quantitative estimate of drug-likeness (QED) is 0.280. The number of hydrogen-bond donors (Lipinski definition) is 2. The van der Waals surface area contributed by atoms with Gasteiger partial charge < -0.3 is 16.0 Å². The van der Waals surface area contributed by atoms with Gasteiger partial charge in [-0.15, -0.1) is 24.0 Å². The number of nitrogens with one attached hydrogen (secondary N) is 1. The van der Waals surface area contributed by atoms with E-state index in [1.165, 1.54) is 25.7 Å². The van der Waals surface area contributed by atoms with Crippen LogP contribution in [0.4, 0.5) is 0 Å². The van der Waals surface area contributed by atoms with E-state index in [0.29, 0.717) is 18.9 Å². The maximum atomic E-state index is 11.9. The lowest BCUT2D eigenvalue weighted by Gasteiger charge is -2.26. The van der Waals surface area contributed by atoms with Crippen LogP contribution < -0.4 is 11.1 Å². The molecule has 21 heavy (non-hydrogen) atoms. The van der Waals surface area contributed by atoms with E-state index in [1.807, 2.05) is 4.90 Å². The van der Waals surface area contributed by atoms with Gasteiger partial charge in [-0.05, 0) is 25.7 Å². The molecule has 0 bridgehead atoms. The first-order valence-corrected chi connectivity index (χ1v) is 8.05. The van der Waals surface area contributed by atoms with Gasteiger partial charge in [0.15, 0.2) is 5.96 Å². The summed E-state index contributed by atoms with van der Waals surface area (Å²) in [4.78, 5) is 18.1. The number of amides is 1. The van der Waals surface area contributed by atoms with Crippen LogP contribution in [0.15, 0.2) is 4.99 Å². The minimum Gasteiger partial charge on any atom is -0.370 e. The number of aliphatic imine (C=N–C) groups is 1. The monoisotopic (exact) mass is 410 g/mol. The number of nitrogens with two attached hydrogens (primary N) is 1. The molecule has 1 fully saturated rings. The van der Waals surface area contributed by atoms with Crippen LogP contribution in [0.5, 0.6) is 0 Å². The molecule has 0 aromatic rings. The lowest BCUT2D eigenvalue weighted by Crippen LogP contribution is -2.39. The maximum Gasteiger partial charge on any atom is 0.224 e. The van der Waals surface area contributed by atoms with Gasteiger partial charge >= 0.3 is 0 Å². The number of unbranched alkanes of at least 4 members (excludes halogenated alkanes) is 3. The number of likely N-dealkylation sites (tertiary alicyclic amines) is 1. The van der Waals surface area contributed by atoms with Crippen molar-refractivity contribution < 1.29 is 4.79 Å². The normalized spacial score (nSPS) is 15.5. The Hall–Kier alpha value is -0.530. The van der Waals surface area contributed by atoms with E-state index in [9.17, 15) is 4.79 Å². The Morgan fingerprint density at radius 3 is 2.57 bits per heavy atom. The molecule has 1 heterocycles. The average Bonchev–Trinajstić information content (AvgIpc) is 2.48. The predicted molar refractivity (Wildman–Crippen MR) is 99.1 cm³/mol. The van der Waals surface area contributed by atoms with E-state index in [2.05, 4.69) is 17.2 Å². The summed E-state index contributed by atoms with van der Waals surface area (Å²) >= 11 is 0. The summed E-state index contributed by atoms with van der Waals surface area (Å²) in [5.41, 5.74) is 5.77. The fraction of sp³-hybridized carbons (Fsp3) is 0.867. The molecule has 1 aliphatic rings. The lowest BCUT2D eigenvalue weighted by molar-refractivity contribution is -0.131. The van der Waals surface area contributed by atoms with Gasteiger partial charge in [0.2, 0.25) is 5.91 Å². The van der Waals surface area contributed by atoms with E-state index >= 15 is 0 Å². The van der Waals surface area contributed by atoms with Crippen LogP contribution in [0, 0.1) is 0 Å². The zero-order valence-corrected chi connectivity index (χ0v) is 15.6. The van der Waals surface area contributed by atoms with Gasteiger partial charge in [0, 0.05) is 32.6 Å². The topological polar surface area (TPSA) is 70.7 Å². The van der Waals surface area contributed by atoms with Crippen LogP contribution in [0.3, 0.4) is 0 Å². The highest BCUT2D eigenvalue weighted by atomic mass is 127. The van der Waals surface area contributed by atoms with E-state index in [4.69, 9.17) is 5.73 Å². The third-order valence-electron chi connectivity index (χ3n) is 3.65. The van der Waals surface area contributed by atoms with Crippen LogP contribution in [0.2, 0.25) is 0 Å². The Balaban J connectivity index is 0.00000400. The molecular weight excluding hydrogens is 379 g/mol. The molecule has 0 spiro atoms. The molecule has 0 aliphatic carbocycles. The Morgan fingerprint density at radius 2 is 1.90 bits per heavy atom. The average molecular weight is 410 g/mol. The Kier molecular flexibility index (Phi) is 12.8. The molecule has 1 aliphatic heterocycles. The summed E-state index contributed by atoms with van der Waals surface area (Å²) in [6.45, 7) is 5.39. The molecule has 0 atom stereocenters. The lowest BCUT2D eigenvalue weighted by atomic mass is 10.1. The fourth-order valence-corrected chi connectivity index (χ4v) is 2.39. The minimum atomic E-state index is 0. The summed E-state index contributed by atoms with van der Waals surface area (Å²) in [5.74, 6) is 0.695. The number of nitrogens with zero attached hydrogens (tertiary/aromatic N) is 2. The zero-order chi connectivity index (χ0) is 14.6. The molecule has 1 rings (SSSR count). The van der Waals surface area contributed by atoms with E-state index in [1.54, 1.807) is 0 Å². The largest absolute Gasteiger partial charge is 0.370 e. The van der Waals surface area contributed by atoms with Gasteiger partial charge in [-0.1, -0.05) is 26.2 Å². The summed E-state index contributed by atoms with van der Waals surface area (Å²) in [6.07, 6.45) is 8.82. The van der Waals surface area contributed by atoms with Gasteiger partial charge in [-0.2, -0.15) is 0 Å². The maximum absolute atomic E-state index is 11.9. The SMILES string of the molecule is CCCCCCN=C(N)NCCC(=O)N1CCCCC1.I. The molecule has 0 aromatic heterocycles. The first-order valence-electron chi connectivity index (χ1n) is 8.05. The van der Waals surface area contributed by atoms with Crippen molar-refractivity contribution in [1.29, 1.82) is 0 Å². The first-order chi connectivity index (χ1) is 9.74. The number of carbonyl (C=O) groups excluding carboxylic acids is 1. The van der Waals surface area contributed by atoms with Crippen LogP contribution in [0.1, 0.15) is 58.3 Å². The molecule has 0 saturated carbocycles. The fourth-order valence-electron chi connectivity index (χ4n) is 2.39. The van der Waals surface area contributed by atoms with E-state index < -0.39 is 0 Å². The summed E-state index contributed by atoms with van der Waals surface area (Å²) < 4.78 is 0. The van der Waals surface area contributed by atoms with Crippen LogP contribution in [0.25, 0.3) is 0 Å². The van der Waals surface area contributed by atoms with E-state index in [0.717, 1.165) is 38.9 Å². The van der Waals surface area contributed by atoms with Crippen molar-refractivity contribution in [3.8, 4) is 0 Å². The second-order valence-corrected chi connectivity index (χ2v) is 5.45. The Labute approximate surface area is 146 Å². The molecule has 0 unspecified atom stereocenters. The third kappa shape index (κ3) is 9.92. The molecule has 1 saturated heterocycles. The highest BCUT2D eigenvalue weighted by molar-refractivity contribution is 14.0. The number of guanidine groups is 1. The number of halogens is 1. The van der Waals surface area contributed by atoms with Gasteiger partial charge in [-0.25, -0.2) is 0 Å². The van der Waals surface area contributed by atoms with Crippen molar-refractivity contribution >= 4 is 35.8 Å². The van der Waals surface area contributed by atoms with Gasteiger partial charge in [0.1, 0.15) is 0 Å². The van der Waals surface area contributed by atoms with Crippen molar-refractivity contribution in [2.45, 2.75) is 58.3 Å². The molecule has 0 radical (unpaired) electrons. The second-order valence-electron chi connectivity index (χ2n) is 5.45. The summed E-state index contributed by atoms with van der Waals surface area (Å²) in [5, 5.41) is 3.02. The standard InChI is InChI=1S/C15H30N4O.HI/c1-2-3-4-6-10-17-15(16)18-11-9-14(20)19-12-7-5-8-13-19;/h2-13H2,1H3,(H3,16,17,18);1H. The van der Waals surface area contributed by atoms with Gasteiger partial charge in [-0.3, -0.25) is 9.79 Å². The highest BCUT2D eigenvalue weighted by Crippen LogP contribution is 2.09. The Morgan fingerprint density at radius 1 is 1.19 bits per heavy atom. The van der Waals surface area contributed by atoms with Crippen molar-refractivity contribution in [3.63, 3.8) is 0 Å². The van der Waals surface area contributed by atoms with Crippen molar-refractivity contribution in [2.75, 3.05) is 26.2 Å². The van der Waals surface area contributed by atoms with Crippen LogP contribution in [-0.2, 0) is 4.79 Å². The smallest absolute Gasteiger partial charge is 0.224 e. The van der Waals surface area contributed by atoms with Crippen LogP contribution >= 0.6 is 24.0 Å². The van der Waals surface area contributed by atoms with Crippen LogP contribution in [-0.4, -0.2) is 42.9 Å². The third-order valence-corrected chi connectivity index (χ3v) is 3.65. The van der Waals surface area contributed by atoms with Crippen molar-refractivity contribution in [1.82, 2.24) is 10.2 Å². The summed E-state index contributed by atoms with van der Waals surface area (Å²) in [7, 11) is 0. The van der Waals surface area contributed by atoms with Gasteiger partial charge in [0.25, 0.3) is 0 Å². The number of hydrogen-bond acceptors (Lipinski definition) is 2. The Bertz CT molecular complexity index is 304. The molecular formula is C15H31IN4O. The number of rotatable bonds is 8. The zero-order valence-electron chi connectivity index (χ0n) is 13.3. The number of piperidine rings is 1. The molecule has 124 valence electrons. The molecule has 6 heteroatoms. The first kappa shape index (κ1) is 20.5.